The Hall–Kier alpha value is -3.29. The van der Waals surface area contributed by atoms with Gasteiger partial charge in [-0.15, -0.1) is 11.3 Å². The van der Waals surface area contributed by atoms with Gasteiger partial charge in [-0.05, 0) is 23.6 Å². The number of amides is 1. The molecule has 0 spiro atoms. The number of carbonyl (C=O) groups excluding carboxylic acids is 1. The SMILES string of the molecule is COCCN(Cc1cccs1)C(=O)c1ccccc1-c1nc(-c2ccccc2)no1. The van der Waals surface area contributed by atoms with Crippen LogP contribution >= 0.6 is 11.3 Å². The summed E-state index contributed by atoms with van der Waals surface area (Å²) < 4.78 is 10.7. The van der Waals surface area contributed by atoms with Crippen LogP contribution in [0.5, 0.6) is 0 Å². The van der Waals surface area contributed by atoms with E-state index in [-0.39, 0.29) is 5.91 Å². The predicted octanol–water partition coefficient (Wildman–Crippen LogP) is 4.75. The number of carbonyl (C=O) groups is 1. The van der Waals surface area contributed by atoms with E-state index in [4.69, 9.17) is 9.26 Å². The highest BCUT2D eigenvalue weighted by Crippen LogP contribution is 2.26. The van der Waals surface area contributed by atoms with Crippen LogP contribution in [0.15, 0.2) is 76.6 Å². The van der Waals surface area contributed by atoms with Gasteiger partial charge in [0.1, 0.15) is 0 Å². The lowest BCUT2D eigenvalue weighted by atomic mass is 10.1. The van der Waals surface area contributed by atoms with E-state index in [9.17, 15) is 4.79 Å². The Labute approximate surface area is 178 Å². The van der Waals surface area contributed by atoms with E-state index in [1.807, 2.05) is 66.0 Å². The van der Waals surface area contributed by atoms with Gasteiger partial charge in [0.25, 0.3) is 11.8 Å². The van der Waals surface area contributed by atoms with Crippen LogP contribution in [-0.4, -0.2) is 41.2 Å². The van der Waals surface area contributed by atoms with E-state index in [2.05, 4.69) is 10.1 Å². The Balaban J connectivity index is 1.65. The molecule has 0 fully saturated rings. The van der Waals surface area contributed by atoms with Crippen molar-refractivity contribution in [2.24, 2.45) is 0 Å². The first-order chi connectivity index (χ1) is 14.8. The fourth-order valence-electron chi connectivity index (χ4n) is 3.11. The van der Waals surface area contributed by atoms with Gasteiger partial charge in [-0.2, -0.15) is 4.98 Å². The van der Waals surface area contributed by atoms with Gasteiger partial charge in [-0.3, -0.25) is 4.79 Å². The largest absolute Gasteiger partial charge is 0.383 e. The molecule has 30 heavy (non-hydrogen) atoms. The van der Waals surface area contributed by atoms with Gasteiger partial charge in [-0.1, -0.05) is 53.7 Å². The van der Waals surface area contributed by atoms with Gasteiger partial charge < -0.3 is 14.2 Å². The molecule has 152 valence electrons. The molecule has 4 rings (SSSR count). The monoisotopic (exact) mass is 419 g/mol. The first-order valence-corrected chi connectivity index (χ1v) is 10.4. The van der Waals surface area contributed by atoms with Crippen molar-refractivity contribution < 1.29 is 14.1 Å². The van der Waals surface area contributed by atoms with Gasteiger partial charge in [0.15, 0.2) is 0 Å². The van der Waals surface area contributed by atoms with Gasteiger partial charge in [0, 0.05) is 24.1 Å². The summed E-state index contributed by atoms with van der Waals surface area (Å²) in [5.41, 5.74) is 2.00. The highest BCUT2D eigenvalue weighted by Gasteiger charge is 2.22. The van der Waals surface area contributed by atoms with Crippen LogP contribution in [-0.2, 0) is 11.3 Å². The standard InChI is InChI=1S/C23H21N3O3S/c1-28-14-13-26(16-18-10-7-15-30-18)23(27)20-12-6-5-11-19(20)22-24-21(25-29-22)17-8-3-2-4-9-17/h2-12,15H,13-14,16H2,1H3. The molecule has 0 saturated carbocycles. The lowest BCUT2D eigenvalue weighted by molar-refractivity contribution is 0.0683. The number of methoxy groups -OCH3 is 1. The zero-order chi connectivity index (χ0) is 20.8. The van der Waals surface area contributed by atoms with E-state index in [1.54, 1.807) is 29.4 Å². The highest BCUT2D eigenvalue weighted by atomic mass is 32.1. The molecule has 0 aliphatic heterocycles. The number of ether oxygens (including phenoxy) is 1. The maximum absolute atomic E-state index is 13.4. The predicted molar refractivity (Wildman–Crippen MR) is 116 cm³/mol. The molecule has 0 atom stereocenters. The van der Waals surface area contributed by atoms with Crippen LogP contribution in [0.2, 0.25) is 0 Å². The van der Waals surface area contributed by atoms with Crippen LogP contribution in [0.1, 0.15) is 15.2 Å². The molecule has 1 amide bonds. The number of benzene rings is 2. The summed E-state index contributed by atoms with van der Waals surface area (Å²) in [7, 11) is 1.63. The Morgan fingerprint density at radius 1 is 1.07 bits per heavy atom. The molecule has 0 unspecified atom stereocenters. The first-order valence-electron chi connectivity index (χ1n) is 9.55. The molecule has 2 heterocycles. The van der Waals surface area contributed by atoms with Gasteiger partial charge in [-0.25, -0.2) is 0 Å². The molecule has 0 aliphatic rings. The van der Waals surface area contributed by atoms with Gasteiger partial charge >= 0.3 is 0 Å². The minimum atomic E-state index is -0.101. The summed E-state index contributed by atoms with van der Waals surface area (Å²) >= 11 is 1.62. The molecule has 0 radical (unpaired) electrons. The summed E-state index contributed by atoms with van der Waals surface area (Å²) in [5, 5.41) is 6.09. The molecule has 2 aromatic carbocycles. The lowest BCUT2D eigenvalue weighted by Gasteiger charge is -2.22. The number of thiophene rings is 1. The van der Waals surface area contributed by atoms with Crippen molar-refractivity contribution in [1.29, 1.82) is 0 Å². The Bertz CT molecular complexity index is 1090. The van der Waals surface area contributed by atoms with Crippen molar-refractivity contribution in [2.45, 2.75) is 6.54 Å². The maximum Gasteiger partial charge on any atom is 0.259 e. The molecule has 7 heteroatoms. The van der Waals surface area contributed by atoms with Gasteiger partial charge in [0.2, 0.25) is 5.82 Å². The smallest absolute Gasteiger partial charge is 0.259 e. The van der Waals surface area contributed by atoms with Crippen molar-refractivity contribution in [2.75, 3.05) is 20.3 Å². The fraction of sp³-hybridized carbons (Fsp3) is 0.174. The van der Waals surface area contributed by atoms with Crippen molar-refractivity contribution in [3.05, 3.63) is 82.6 Å². The third-order valence-corrected chi connectivity index (χ3v) is 5.49. The van der Waals surface area contributed by atoms with E-state index >= 15 is 0 Å². The normalized spacial score (nSPS) is 10.8. The summed E-state index contributed by atoms with van der Waals surface area (Å²) in [6, 6.07) is 20.9. The minimum Gasteiger partial charge on any atom is -0.383 e. The zero-order valence-corrected chi connectivity index (χ0v) is 17.3. The van der Waals surface area contributed by atoms with Crippen molar-refractivity contribution in [1.82, 2.24) is 15.0 Å². The van der Waals surface area contributed by atoms with E-state index in [0.29, 0.717) is 42.5 Å². The molecule has 0 saturated heterocycles. The fourth-order valence-corrected chi connectivity index (χ4v) is 3.83. The van der Waals surface area contributed by atoms with Crippen LogP contribution in [0.4, 0.5) is 0 Å². The quantitative estimate of drug-likeness (QED) is 0.412. The van der Waals surface area contributed by atoms with Crippen LogP contribution < -0.4 is 0 Å². The molecular formula is C23H21N3O3S. The number of hydrogen-bond acceptors (Lipinski definition) is 6. The minimum absolute atomic E-state index is 0.101. The second-order valence-corrected chi connectivity index (χ2v) is 7.67. The van der Waals surface area contributed by atoms with Crippen LogP contribution in [0.3, 0.4) is 0 Å². The summed E-state index contributed by atoms with van der Waals surface area (Å²) in [6.45, 7) is 1.46. The van der Waals surface area contributed by atoms with E-state index in [0.717, 1.165) is 10.4 Å². The number of nitrogens with zero attached hydrogens (tertiary/aromatic N) is 3. The zero-order valence-electron chi connectivity index (χ0n) is 16.5. The van der Waals surface area contributed by atoms with Crippen LogP contribution in [0, 0.1) is 0 Å². The second-order valence-electron chi connectivity index (χ2n) is 6.63. The third-order valence-electron chi connectivity index (χ3n) is 4.63. The Morgan fingerprint density at radius 3 is 2.63 bits per heavy atom. The van der Waals surface area contributed by atoms with E-state index in [1.165, 1.54) is 0 Å². The first kappa shape index (κ1) is 20.0. The molecule has 2 aromatic heterocycles. The van der Waals surface area contributed by atoms with Crippen molar-refractivity contribution >= 4 is 17.2 Å². The van der Waals surface area contributed by atoms with E-state index < -0.39 is 0 Å². The molecule has 6 nitrogen and oxygen atoms in total. The summed E-state index contributed by atoms with van der Waals surface area (Å²) in [4.78, 5) is 20.8. The van der Waals surface area contributed by atoms with Gasteiger partial charge in [0.05, 0.1) is 24.3 Å². The number of rotatable bonds is 8. The molecule has 0 N–H and O–H groups in total. The van der Waals surface area contributed by atoms with Crippen LogP contribution in [0.25, 0.3) is 22.8 Å². The average molecular weight is 420 g/mol. The summed E-state index contributed by atoms with van der Waals surface area (Å²) in [6.07, 6.45) is 0. The highest BCUT2D eigenvalue weighted by molar-refractivity contribution is 7.09. The molecule has 0 aliphatic carbocycles. The Kier molecular flexibility index (Phi) is 6.32. The third kappa shape index (κ3) is 4.48. The Morgan fingerprint density at radius 2 is 1.87 bits per heavy atom. The molecular weight excluding hydrogens is 398 g/mol. The molecule has 0 bridgehead atoms. The lowest BCUT2D eigenvalue weighted by Crippen LogP contribution is -2.33. The second kappa shape index (κ2) is 9.47. The molecule has 4 aromatic rings. The maximum atomic E-state index is 13.4. The summed E-state index contributed by atoms with van der Waals surface area (Å²) in [5.74, 6) is 0.707. The number of hydrogen-bond donors (Lipinski definition) is 0. The average Bonchev–Trinajstić information content (AvgIpc) is 3.49. The number of aromatic nitrogens is 2. The topological polar surface area (TPSA) is 68.5 Å². The van der Waals surface area contributed by atoms with Crippen molar-refractivity contribution in [3.8, 4) is 22.8 Å². The van der Waals surface area contributed by atoms with Crippen molar-refractivity contribution in [3.63, 3.8) is 0 Å².